The van der Waals surface area contributed by atoms with Gasteiger partial charge in [-0.3, -0.25) is 9.59 Å². The highest BCUT2D eigenvalue weighted by molar-refractivity contribution is 6.34. The molecule has 1 rings (SSSR count). The Bertz CT molecular complexity index is 634. The third kappa shape index (κ3) is 15.2. The first-order chi connectivity index (χ1) is 15.0. The van der Waals surface area contributed by atoms with Crippen LogP contribution in [0.1, 0.15) is 103 Å². The van der Waals surface area contributed by atoms with Crippen molar-refractivity contribution >= 4 is 35.1 Å². The van der Waals surface area contributed by atoms with E-state index in [-0.39, 0.29) is 24.6 Å². The Morgan fingerprint density at radius 1 is 0.742 bits per heavy atom. The first kappa shape index (κ1) is 27.8. The van der Waals surface area contributed by atoms with Crippen LogP contribution < -0.4 is 4.74 Å². The fraction of sp³-hybridized carbons (Fsp3) is 0.680. The fourth-order valence-corrected chi connectivity index (χ4v) is 3.63. The van der Waals surface area contributed by atoms with E-state index in [0.29, 0.717) is 23.1 Å². The zero-order valence-electron chi connectivity index (χ0n) is 18.9. The van der Waals surface area contributed by atoms with Crippen LogP contribution in [0.4, 0.5) is 0 Å². The molecule has 0 saturated carbocycles. The topological polar surface area (TPSA) is 52.6 Å². The lowest BCUT2D eigenvalue weighted by molar-refractivity contribution is -0.144. The van der Waals surface area contributed by atoms with Gasteiger partial charge in [0, 0.05) is 23.9 Å². The maximum Gasteiger partial charge on any atom is 0.311 e. The van der Waals surface area contributed by atoms with E-state index in [0.717, 1.165) is 12.8 Å². The summed E-state index contributed by atoms with van der Waals surface area (Å²) in [6.07, 6.45) is 16.0. The zero-order valence-corrected chi connectivity index (χ0v) is 20.4. The first-order valence-electron chi connectivity index (χ1n) is 11.8. The molecule has 176 valence electrons. The highest BCUT2D eigenvalue weighted by Crippen LogP contribution is 2.28. The number of carbonyl (C=O) groups is 2. The lowest BCUT2D eigenvalue weighted by Crippen LogP contribution is -2.10. The lowest BCUT2D eigenvalue weighted by Gasteiger charge is -2.07. The minimum absolute atomic E-state index is 0.122. The van der Waals surface area contributed by atoms with Crippen molar-refractivity contribution in [1.82, 2.24) is 0 Å². The van der Waals surface area contributed by atoms with Gasteiger partial charge in [-0.05, 0) is 25.0 Å². The first-order valence-corrected chi connectivity index (χ1v) is 12.6. The monoisotopic (exact) mass is 472 g/mol. The summed E-state index contributed by atoms with van der Waals surface area (Å²) in [6.45, 7) is 2.71. The average molecular weight is 473 g/mol. The van der Waals surface area contributed by atoms with E-state index in [1.54, 1.807) is 12.1 Å². The van der Waals surface area contributed by atoms with Gasteiger partial charge in [0.15, 0.2) is 5.75 Å². The number of benzene rings is 1. The minimum Gasteiger partial charge on any atom is -0.466 e. The van der Waals surface area contributed by atoms with Gasteiger partial charge < -0.3 is 9.47 Å². The molecule has 0 aliphatic carbocycles. The van der Waals surface area contributed by atoms with Crippen molar-refractivity contribution in [3.8, 4) is 5.75 Å². The number of carbonyl (C=O) groups excluding carboxylic acids is 2. The Hall–Kier alpha value is -1.26. The number of esters is 2. The summed E-state index contributed by atoms with van der Waals surface area (Å²) in [4.78, 5) is 23.6. The molecular weight excluding hydrogens is 435 g/mol. The molecular formula is C25H38Cl2O4. The third-order valence-electron chi connectivity index (χ3n) is 5.14. The second-order valence-electron chi connectivity index (χ2n) is 8.01. The van der Waals surface area contributed by atoms with Gasteiger partial charge in [-0.25, -0.2) is 0 Å². The molecule has 0 amide bonds. The molecule has 0 atom stereocenters. The van der Waals surface area contributed by atoms with E-state index < -0.39 is 5.97 Å². The summed E-state index contributed by atoms with van der Waals surface area (Å²) in [5, 5.41) is 0.758. The Labute approximate surface area is 198 Å². The van der Waals surface area contributed by atoms with E-state index in [2.05, 4.69) is 6.92 Å². The standard InChI is InChI=1S/C25H38Cl2O4/c1-2-3-4-5-6-7-8-9-10-11-12-13-19-30-24(28)15-14-16-25(29)31-23-20-21(26)17-18-22(23)27/h17-18,20H,2-16,19H2,1H3. The molecule has 0 aliphatic rings. The van der Waals surface area contributed by atoms with Crippen molar-refractivity contribution in [3.05, 3.63) is 28.2 Å². The Kier molecular flexibility index (Phi) is 16.4. The predicted octanol–water partition coefficient (Wildman–Crippen LogP) is 8.31. The Morgan fingerprint density at radius 3 is 1.90 bits per heavy atom. The van der Waals surface area contributed by atoms with E-state index >= 15 is 0 Å². The van der Waals surface area contributed by atoms with Crippen molar-refractivity contribution in [2.45, 2.75) is 103 Å². The van der Waals surface area contributed by atoms with Gasteiger partial charge in [-0.2, -0.15) is 0 Å². The smallest absolute Gasteiger partial charge is 0.311 e. The number of halogens is 2. The van der Waals surface area contributed by atoms with Gasteiger partial charge in [-0.15, -0.1) is 0 Å². The fourth-order valence-electron chi connectivity index (χ4n) is 3.31. The molecule has 6 heteroatoms. The molecule has 31 heavy (non-hydrogen) atoms. The molecule has 0 fully saturated rings. The largest absolute Gasteiger partial charge is 0.466 e. The Balaban J connectivity index is 1.92. The van der Waals surface area contributed by atoms with E-state index in [1.165, 1.54) is 70.3 Å². The van der Waals surface area contributed by atoms with Crippen LogP contribution in [0.5, 0.6) is 5.75 Å². The maximum absolute atomic E-state index is 11.9. The van der Waals surface area contributed by atoms with E-state index in [4.69, 9.17) is 32.7 Å². The third-order valence-corrected chi connectivity index (χ3v) is 5.69. The summed E-state index contributed by atoms with van der Waals surface area (Å²) in [5.74, 6) is -0.483. The number of unbranched alkanes of at least 4 members (excludes halogenated alkanes) is 11. The molecule has 0 heterocycles. The van der Waals surface area contributed by atoms with Crippen molar-refractivity contribution in [2.75, 3.05) is 6.61 Å². The predicted molar refractivity (Wildman–Crippen MR) is 128 cm³/mol. The van der Waals surface area contributed by atoms with Crippen LogP contribution in [-0.4, -0.2) is 18.5 Å². The summed E-state index contributed by atoms with van der Waals surface area (Å²) in [5.41, 5.74) is 0. The van der Waals surface area contributed by atoms with Gasteiger partial charge in [0.1, 0.15) is 0 Å². The molecule has 0 spiro atoms. The second kappa shape index (κ2) is 18.3. The quantitative estimate of drug-likeness (QED) is 0.122. The van der Waals surface area contributed by atoms with Crippen molar-refractivity contribution in [3.63, 3.8) is 0 Å². The number of hydrogen-bond acceptors (Lipinski definition) is 4. The van der Waals surface area contributed by atoms with Gasteiger partial charge >= 0.3 is 11.9 Å². The van der Waals surface area contributed by atoms with Crippen LogP contribution in [0, 0.1) is 0 Å². The van der Waals surface area contributed by atoms with Crippen molar-refractivity contribution in [2.24, 2.45) is 0 Å². The van der Waals surface area contributed by atoms with E-state index in [9.17, 15) is 9.59 Å². The molecule has 0 N–H and O–H groups in total. The Morgan fingerprint density at radius 2 is 1.29 bits per heavy atom. The van der Waals surface area contributed by atoms with Gasteiger partial charge in [0.2, 0.25) is 0 Å². The molecule has 0 aliphatic heterocycles. The van der Waals surface area contributed by atoms with Crippen molar-refractivity contribution < 1.29 is 19.1 Å². The molecule has 0 radical (unpaired) electrons. The van der Waals surface area contributed by atoms with Crippen LogP contribution in [-0.2, 0) is 14.3 Å². The highest BCUT2D eigenvalue weighted by Gasteiger charge is 2.11. The van der Waals surface area contributed by atoms with Crippen LogP contribution in [0.25, 0.3) is 0 Å². The van der Waals surface area contributed by atoms with Crippen LogP contribution in [0.2, 0.25) is 10.0 Å². The summed E-state index contributed by atoms with van der Waals surface area (Å²) in [6, 6.07) is 4.68. The summed E-state index contributed by atoms with van der Waals surface area (Å²) < 4.78 is 10.4. The van der Waals surface area contributed by atoms with Gasteiger partial charge in [-0.1, -0.05) is 101 Å². The number of ether oxygens (including phenoxy) is 2. The minimum atomic E-state index is -0.446. The maximum atomic E-state index is 11.9. The zero-order chi connectivity index (χ0) is 22.7. The lowest BCUT2D eigenvalue weighted by atomic mass is 10.1. The summed E-state index contributed by atoms with van der Waals surface area (Å²) in [7, 11) is 0. The number of hydrogen-bond donors (Lipinski definition) is 0. The van der Waals surface area contributed by atoms with E-state index in [1.807, 2.05) is 0 Å². The normalized spacial score (nSPS) is 10.8. The van der Waals surface area contributed by atoms with Crippen LogP contribution >= 0.6 is 23.2 Å². The molecule has 1 aromatic carbocycles. The summed E-state index contributed by atoms with van der Waals surface area (Å²) >= 11 is 11.8. The van der Waals surface area contributed by atoms with Gasteiger partial charge in [0.25, 0.3) is 0 Å². The molecule has 0 aromatic heterocycles. The molecule has 0 unspecified atom stereocenters. The van der Waals surface area contributed by atoms with Crippen LogP contribution in [0.3, 0.4) is 0 Å². The second-order valence-corrected chi connectivity index (χ2v) is 8.86. The molecule has 4 nitrogen and oxygen atoms in total. The van der Waals surface area contributed by atoms with Gasteiger partial charge in [0.05, 0.1) is 11.6 Å². The highest BCUT2D eigenvalue weighted by atomic mass is 35.5. The number of rotatable bonds is 18. The van der Waals surface area contributed by atoms with Crippen molar-refractivity contribution in [1.29, 1.82) is 0 Å². The molecule has 0 bridgehead atoms. The van der Waals surface area contributed by atoms with Crippen LogP contribution in [0.15, 0.2) is 18.2 Å². The SMILES string of the molecule is CCCCCCCCCCCCCCOC(=O)CCCC(=O)Oc1cc(Cl)ccc1Cl. The average Bonchev–Trinajstić information content (AvgIpc) is 2.74. The molecule has 0 saturated heterocycles. The molecule has 1 aromatic rings.